The van der Waals surface area contributed by atoms with Gasteiger partial charge in [-0.25, -0.2) is 0 Å². The SMILES string of the molecule is CN(Cc1ccc(Br)s1)C(=O)Cc1ccc(-n2cccc2)cc1. The van der Waals surface area contributed by atoms with Crippen LogP contribution < -0.4 is 0 Å². The van der Waals surface area contributed by atoms with Crippen LogP contribution >= 0.6 is 27.3 Å². The Morgan fingerprint density at radius 2 is 1.83 bits per heavy atom. The summed E-state index contributed by atoms with van der Waals surface area (Å²) in [5.74, 6) is 0.128. The number of thiophene rings is 1. The van der Waals surface area contributed by atoms with Crippen LogP contribution in [0.3, 0.4) is 0 Å². The summed E-state index contributed by atoms with van der Waals surface area (Å²) >= 11 is 5.11. The molecular formula is C18H17BrN2OS. The third-order valence-corrected chi connectivity index (χ3v) is 5.25. The Morgan fingerprint density at radius 1 is 1.13 bits per heavy atom. The predicted octanol–water partition coefficient (Wildman–Crippen LogP) is 4.50. The Labute approximate surface area is 148 Å². The van der Waals surface area contributed by atoms with E-state index in [-0.39, 0.29) is 5.91 Å². The average molecular weight is 389 g/mol. The van der Waals surface area contributed by atoms with E-state index in [2.05, 4.69) is 15.9 Å². The van der Waals surface area contributed by atoms with Crippen LogP contribution in [-0.2, 0) is 17.8 Å². The number of nitrogens with zero attached hydrogens (tertiary/aromatic N) is 2. The minimum Gasteiger partial charge on any atom is -0.340 e. The second kappa shape index (κ2) is 7.15. The Morgan fingerprint density at radius 3 is 2.43 bits per heavy atom. The van der Waals surface area contributed by atoms with Crippen molar-refractivity contribution in [2.75, 3.05) is 7.05 Å². The summed E-state index contributed by atoms with van der Waals surface area (Å²) in [6, 6.07) is 16.2. The zero-order valence-electron chi connectivity index (χ0n) is 12.8. The first-order valence-corrected chi connectivity index (χ1v) is 8.93. The summed E-state index contributed by atoms with van der Waals surface area (Å²) in [7, 11) is 1.85. The van der Waals surface area contributed by atoms with Crippen molar-refractivity contribution in [3.63, 3.8) is 0 Å². The number of benzene rings is 1. The van der Waals surface area contributed by atoms with E-state index in [1.807, 2.05) is 72.5 Å². The summed E-state index contributed by atoms with van der Waals surface area (Å²) < 4.78 is 3.14. The highest BCUT2D eigenvalue weighted by molar-refractivity contribution is 9.11. The molecule has 0 aliphatic rings. The first-order valence-electron chi connectivity index (χ1n) is 7.32. The lowest BCUT2D eigenvalue weighted by molar-refractivity contribution is -0.129. The van der Waals surface area contributed by atoms with Crippen LogP contribution in [0, 0.1) is 0 Å². The molecule has 1 aromatic carbocycles. The average Bonchev–Trinajstić information content (AvgIpc) is 3.20. The molecule has 0 aliphatic heterocycles. The van der Waals surface area contributed by atoms with Crippen molar-refractivity contribution in [1.29, 1.82) is 0 Å². The summed E-state index contributed by atoms with van der Waals surface area (Å²) in [5, 5.41) is 0. The topological polar surface area (TPSA) is 25.2 Å². The van der Waals surface area contributed by atoms with Crippen LogP contribution in [0.1, 0.15) is 10.4 Å². The van der Waals surface area contributed by atoms with E-state index >= 15 is 0 Å². The highest BCUT2D eigenvalue weighted by Gasteiger charge is 2.11. The van der Waals surface area contributed by atoms with E-state index in [1.165, 1.54) is 4.88 Å². The molecule has 3 nitrogen and oxygen atoms in total. The van der Waals surface area contributed by atoms with Crippen LogP contribution in [0.5, 0.6) is 0 Å². The van der Waals surface area contributed by atoms with Gasteiger partial charge in [-0.15, -0.1) is 11.3 Å². The molecule has 0 saturated heterocycles. The second-order valence-electron chi connectivity index (χ2n) is 5.39. The van der Waals surface area contributed by atoms with Crippen molar-refractivity contribution < 1.29 is 4.79 Å². The van der Waals surface area contributed by atoms with Crippen LogP contribution in [0.4, 0.5) is 0 Å². The van der Waals surface area contributed by atoms with Gasteiger partial charge in [-0.3, -0.25) is 4.79 Å². The first-order chi connectivity index (χ1) is 11.1. The smallest absolute Gasteiger partial charge is 0.227 e. The van der Waals surface area contributed by atoms with Crippen LogP contribution in [0.15, 0.2) is 64.7 Å². The number of hydrogen-bond acceptors (Lipinski definition) is 2. The van der Waals surface area contributed by atoms with Crippen molar-refractivity contribution in [2.24, 2.45) is 0 Å². The third kappa shape index (κ3) is 4.12. The molecule has 0 saturated carbocycles. The standard InChI is InChI=1S/C18H17BrN2OS/c1-20(13-16-8-9-17(19)23-16)18(22)12-14-4-6-15(7-5-14)21-10-2-3-11-21/h2-11H,12-13H2,1H3. The normalized spacial score (nSPS) is 10.7. The molecule has 3 aromatic rings. The lowest BCUT2D eigenvalue weighted by Crippen LogP contribution is -2.27. The predicted molar refractivity (Wildman–Crippen MR) is 98.0 cm³/mol. The zero-order chi connectivity index (χ0) is 16.2. The fourth-order valence-electron chi connectivity index (χ4n) is 2.36. The molecule has 1 amide bonds. The number of carbonyl (C=O) groups excluding carboxylic acids is 1. The molecule has 0 atom stereocenters. The molecule has 0 aliphatic carbocycles. The highest BCUT2D eigenvalue weighted by atomic mass is 79.9. The number of aromatic nitrogens is 1. The van der Waals surface area contributed by atoms with Crippen LogP contribution in [0.25, 0.3) is 5.69 Å². The Kier molecular flexibility index (Phi) is 4.98. The van der Waals surface area contributed by atoms with Crippen molar-refractivity contribution >= 4 is 33.2 Å². The largest absolute Gasteiger partial charge is 0.340 e. The fraction of sp³-hybridized carbons (Fsp3) is 0.167. The van der Waals surface area contributed by atoms with E-state index in [0.717, 1.165) is 15.0 Å². The van der Waals surface area contributed by atoms with Gasteiger partial charge in [0.1, 0.15) is 0 Å². The Hall–Kier alpha value is -1.85. The molecule has 5 heteroatoms. The number of amides is 1. The van der Waals surface area contributed by atoms with Crippen LogP contribution in [-0.4, -0.2) is 22.4 Å². The summed E-state index contributed by atoms with van der Waals surface area (Å²) in [6.45, 7) is 0.649. The van der Waals surface area contributed by atoms with Gasteiger partial charge in [0.2, 0.25) is 5.91 Å². The molecule has 23 heavy (non-hydrogen) atoms. The number of halogens is 1. The van der Waals surface area contributed by atoms with Crippen molar-refractivity contribution in [3.8, 4) is 5.69 Å². The molecule has 0 fully saturated rings. The number of carbonyl (C=O) groups is 1. The van der Waals surface area contributed by atoms with Gasteiger partial charge in [-0.1, -0.05) is 12.1 Å². The third-order valence-electron chi connectivity index (χ3n) is 3.64. The minimum atomic E-state index is 0.128. The molecule has 0 bridgehead atoms. The molecule has 0 spiro atoms. The summed E-state index contributed by atoms with van der Waals surface area (Å²) in [4.78, 5) is 15.3. The van der Waals surface area contributed by atoms with Gasteiger partial charge in [0.25, 0.3) is 0 Å². The van der Waals surface area contributed by atoms with E-state index in [0.29, 0.717) is 13.0 Å². The van der Waals surface area contributed by atoms with Crippen molar-refractivity contribution in [2.45, 2.75) is 13.0 Å². The summed E-state index contributed by atoms with van der Waals surface area (Å²) in [6.07, 6.45) is 4.44. The van der Waals surface area contributed by atoms with E-state index in [1.54, 1.807) is 16.2 Å². The molecule has 2 aromatic heterocycles. The Balaban J connectivity index is 1.61. The molecule has 0 unspecified atom stereocenters. The quantitative estimate of drug-likeness (QED) is 0.631. The highest BCUT2D eigenvalue weighted by Crippen LogP contribution is 2.23. The van der Waals surface area contributed by atoms with E-state index < -0.39 is 0 Å². The maximum absolute atomic E-state index is 12.4. The molecule has 2 heterocycles. The summed E-state index contributed by atoms with van der Waals surface area (Å²) in [5.41, 5.74) is 2.13. The van der Waals surface area contributed by atoms with Gasteiger partial charge in [0.05, 0.1) is 16.8 Å². The monoisotopic (exact) mass is 388 g/mol. The van der Waals surface area contributed by atoms with Crippen molar-refractivity contribution in [1.82, 2.24) is 9.47 Å². The van der Waals surface area contributed by atoms with E-state index in [4.69, 9.17) is 0 Å². The maximum atomic E-state index is 12.4. The Bertz CT molecular complexity index is 778. The number of hydrogen-bond donors (Lipinski definition) is 0. The molecule has 0 radical (unpaired) electrons. The fourth-order valence-corrected chi connectivity index (χ4v) is 3.90. The lowest BCUT2D eigenvalue weighted by atomic mass is 10.1. The van der Waals surface area contributed by atoms with Gasteiger partial charge in [0, 0.05) is 30.0 Å². The van der Waals surface area contributed by atoms with Crippen LogP contribution in [0.2, 0.25) is 0 Å². The van der Waals surface area contributed by atoms with Gasteiger partial charge in [-0.05, 0) is 57.9 Å². The second-order valence-corrected chi connectivity index (χ2v) is 7.94. The van der Waals surface area contributed by atoms with E-state index in [9.17, 15) is 4.79 Å². The zero-order valence-corrected chi connectivity index (χ0v) is 15.2. The lowest BCUT2D eigenvalue weighted by Gasteiger charge is -2.16. The molecule has 0 N–H and O–H groups in total. The maximum Gasteiger partial charge on any atom is 0.227 e. The van der Waals surface area contributed by atoms with Crippen molar-refractivity contribution in [3.05, 3.63) is 75.2 Å². The van der Waals surface area contributed by atoms with Gasteiger partial charge >= 0.3 is 0 Å². The molecular weight excluding hydrogens is 372 g/mol. The molecule has 118 valence electrons. The number of likely N-dealkylation sites (N-methyl/N-ethyl adjacent to an activating group) is 1. The van der Waals surface area contributed by atoms with Gasteiger partial charge in [-0.2, -0.15) is 0 Å². The first kappa shape index (κ1) is 16.0. The van der Waals surface area contributed by atoms with Gasteiger partial charge in [0.15, 0.2) is 0 Å². The minimum absolute atomic E-state index is 0.128. The number of rotatable bonds is 5. The molecule has 3 rings (SSSR count). The van der Waals surface area contributed by atoms with Gasteiger partial charge < -0.3 is 9.47 Å².